The summed E-state index contributed by atoms with van der Waals surface area (Å²) < 4.78 is 5.19. The molecule has 0 saturated carbocycles. The zero-order valence-corrected chi connectivity index (χ0v) is 15.2. The van der Waals surface area contributed by atoms with E-state index in [9.17, 15) is 9.59 Å². The molecule has 0 bridgehead atoms. The number of thioether (sulfide) groups is 1. The van der Waals surface area contributed by atoms with Gasteiger partial charge in [0.2, 0.25) is 11.8 Å². The van der Waals surface area contributed by atoms with Gasteiger partial charge < -0.3 is 15.4 Å². The predicted octanol–water partition coefficient (Wildman–Crippen LogP) is 3.57. The van der Waals surface area contributed by atoms with Crippen molar-refractivity contribution in [3.8, 4) is 5.75 Å². The highest BCUT2D eigenvalue weighted by Crippen LogP contribution is 2.23. The van der Waals surface area contributed by atoms with E-state index in [0.717, 1.165) is 17.7 Å². The monoisotopic (exact) mass is 358 g/mol. The summed E-state index contributed by atoms with van der Waals surface area (Å²) in [5, 5.41) is 5.68. The molecular formula is C19H22N2O3S. The molecule has 0 aliphatic heterocycles. The Morgan fingerprint density at radius 3 is 2.12 bits per heavy atom. The number of aryl methyl sites for hydroxylation is 1. The Hall–Kier alpha value is -2.47. The number of methoxy groups -OCH3 is 1. The number of rotatable bonds is 8. The number of amides is 2. The van der Waals surface area contributed by atoms with E-state index in [-0.39, 0.29) is 23.3 Å². The average Bonchev–Trinajstić information content (AvgIpc) is 2.62. The van der Waals surface area contributed by atoms with Crippen LogP contribution in [0.5, 0.6) is 5.75 Å². The maximum Gasteiger partial charge on any atom is 0.234 e. The normalized spacial score (nSPS) is 10.2. The van der Waals surface area contributed by atoms with Crippen LogP contribution in [0.15, 0.2) is 48.5 Å². The lowest BCUT2D eigenvalue weighted by Gasteiger charge is -2.10. The van der Waals surface area contributed by atoms with Gasteiger partial charge in [0.15, 0.2) is 0 Å². The zero-order chi connectivity index (χ0) is 18.1. The molecule has 25 heavy (non-hydrogen) atoms. The van der Waals surface area contributed by atoms with E-state index in [4.69, 9.17) is 4.74 Å². The Morgan fingerprint density at radius 2 is 1.48 bits per heavy atom. The van der Waals surface area contributed by atoms with E-state index in [1.165, 1.54) is 11.8 Å². The molecule has 0 radical (unpaired) electrons. The third kappa shape index (κ3) is 5.83. The van der Waals surface area contributed by atoms with Crippen LogP contribution in [-0.4, -0.2) is 30.4 Å². The molecular weight excluding hydrogens is 336 g/mol. The molecule has 0 spiro atoms. The molecule has 6 heteroatoms. The van der Waals surface area contributed by atoms with E-state index in [2.05, 4.69) is 10.6 Å². The van der Waals surface area contributed by atoms with E-state index >= 15 is 0 Å². The fraction of sp³-hybridized carbons (Fsp3) is 0.263. The number of carbonyl (C=O) groups excluding carboxylic acids is 2. The molecule has 2 aromatic rings. The molecule has 132 valence electrons. The van der Waals surface area contributed by atoms with Gasteiger partial charge in [-0.2, -0.15) is 0 Å². The van der Waals surface area contributed by atoms with Gasteiger partial charge in [0.25, 0.3) is 0 Å². The van der Waals surface area contributed by atoms with Gasteiger partial charge in [0.1, 0.15) is 5.75 Å². The number of anilines is 2. The first-order valence-corrected chi connectivity index (χ1v) is 9.18. The Kier molecular flexibility index (Phi) is 7.35. The molecule has 0 saturated heterocycles. The Balaban J connectivity index is 1.78. The van der Waals surface area contributed by atoms with Crippen molar-refractivity contribution in [3.05, 3.63) is 54.1 Å². The average molecular weight is 358 g/mol. The van der Waals surface area contributed by atoms with E-state index < -0.39 is 0 Å². The summed E-state index contributed by atoms with van der Waals surface area (Å²) in [7, 11) is 1.55. The summed E-state index contributed by atoms with van der Waals surface area (Å²) in [6.07, 6.45) is 0.852. The van der Waals surface area contributed by atoms with Crippen molar-refractivity contribution in [3.63, 3.8) is 0 Å². The van der Waals surface area contributed by atoms with Crippen LogP contribution in [0, 0.1) is 0 Å². The lowest BCUT2D eigenvalue weighted by atomic mass is 10.1. The summed E-state index contributed by atoms with van der Waals surface area (Å²) in [6, 6.07) is 14.9. The van der Waals surface area contributed by atoms with Gasteiger partial charge in [-0.05, 0) is 30.2 Å². The maximum absolute atomic E-state index is 12.0. The molecule has 2 rings (SSSR count). The third-order valence-corrected chi connectivity index (χ3v) is 4.45. The van der Waals surface area contributed by atoms with Crippen molar-refractivity contribution >= 4 is 35.0 Å². The van der Waals surface area contributed by atoms with Crippen LogP contribution >= 0.6 is 11.8 Å². The van der Waals surface area contributed by atoms with Gasteiger partial charge in [0.05, 0.1) is 24.3 Å². The molecule has 0 aromatic heterocycles. The summed E-state index contributed by atoms with van der Waals surface area (Å²) >= 11 is 1.27. The van der Waals surface area contributed by atoms with Crippen molar-refractivity contribution in [1.29, 1.82) is 0 Å². The first-order chi connectivity index (χ1) is 12.1. The number of para-hydroxylation sites is 3. The van der Waals surface area contributed by atoms with Gasteiger partial charge in [0, 0.05) is 5.69 Å². The quantitative estimate of drug-likeness (QED) is 0.757. The zero-order valence-electron chi connectivity index (χ0n) is 14.4. The fourth-order valence-corrected chi connectivity index (χ4v) is 2.92. The summed E-state index contributed by atoms with van der Waals surface area (Å²) in [6.45, 7) is 2.04. The van der Waals surface area contributed by atoms with Crippen LogP contribution < -0.4 is 15.4 Å². The van der Waals surface area contributed by atoms with Crippen molar-refractivity contribution in [2.75, 3.05) is 29.2 Å². The van der Waals surface area contributed by atoms with Crippen LogP contribution in [0.4, 0.5) is 11.4 Å². The van der Waals surface area contributed by atoms with Crippen LogP contribution in [0.25, 0.3) is 0 Å². The Labute approximate surface area is 152 Å². The molecule has 0 aliphatic carbocycles. The minimum atomic E-state index is -0.170. The molecule has 0 unspecified atom stereocenters. The first-order valence-electron chi connectivity index (χ1n) is 8.02. The molecule has 0 atom stereocenters. The minimum Gasteiger partial charge on any atom is -0.495 e. The second kappa shape index (κ2) is 9.74. The van der Waals surface area contributed by atoms with Gasteiger partial charge in [-0.3, -0.25) is 9.59 Å². The molecule has 2 aromatic carbocycles. The SMILES string of the molecule is CCc1ccccc1NC(=O)CSCC(=O)Nc1ccccc1OC. The number of benzene rings is 2. The highest BCUT2D eigenvalue weighted by molar-refractivity contribution is 8.00. The second-order valence-corrected chi connectivity index (χ2v) is 6.29. The van der Waals surface area contributed by atoms with Gasteiger partial charge >= 0.3 is 0 Å². The third-order valence-electron chi connectivity index (χ3n) is 3.52. The molecule has 2 amide bonds. The van der Waals surface area contributed by atoms with Gasteiger partial charge in [-0.25, -0.2) is 0 Å². The molecule has 2 N–H and O–H groups in total. The lowest BCUT2D eigenvalue weighted by molar-refractivity contribution is -0.114. The number of ether oxygens (including phenoxy) is 1. The second-order valence-electron chi connectivity index (χ2n) is 5.30. The maximum atomic E-state index is 12.0. The molecule has 5 nitrogen and oxygen atoms in total. The highest BCUT2D eigenvalue weighted by Gasteiger charge is 2.10. The van der Waals surface area contributed by atoms with Crippen molar-refractivity contribution < 1.29 is 14.3 Å². The molecule has 0 heterocycles. The lowest BCUT2D eigenvalue weighted by Crippen LogP contribution is -2.19. The van der Waals surface area contributed by atoms with Crippen LogP contribution in [-0.2, 0) is 16.0 Å². The smallest absolute Gasteiger partial charge is 0.234 e. The number of carbonyl (C=O) groups is 2. The van der Waals surface area contributed by atoms with Crippen molar-refractivity contribution in [2.24, 2.45) is 0 Å². The highest BCUT2D eigenvalue weighted by atomic mass is 32.2. The summed E-state index contributed by atoms with van der Waals surface area (Å²) in [5.41, 5.74) is 2.54. The largest absolute Gasteiger partial charge is 0.495 e. The number of nitrogens with one attached hydrogen (secondary N) is 2. The Bertz CT molecular complexity index is 673. The molecule has 0 fully saturated rings. The van der Waals surface area contributed by atoms with Gasteiger partial charge in [-0.1, -0.05) is 37.3 Å². The number of hydrogen-bond acceptors (Lipinski definition) is 4. The molecule has 0 aliphatic rings. The van der Waals surface area contributed by atoms with Crippen LogP contribution in [0.1, 0.15) is 12.5 Å². The van der Waals surface area contributed by atoms with Gasteiger partial charge in [-0.15, -0.1) is 11.8 Å². The van der Waals surface area contributed by atoms with Crippen molar-refractivity contribution in [1.82, 2.24) is 0 Å². The predicted molar refractivity (Wildman–Crippen MR) is 103 cm³/mol. The standard InChI is InChI=1S/C19H22N2O3S/c1-3-14-8-4-5-9-15(14)20-18(22)12-25-13-19(23)21-16-10-6-7-11-17(16)24-2/h4-11H,3,12-13H2,1-2H3,(H,20,22)(H,21,23). The summed E-state index contributed by atoms with van der Waals surface area (Å²) in [4.78, 5) is 24.0. The number of hydrogen-bond donors (Lipinski definition) is 2. The van der Waals surface area contributed by atoms with Crippen molar-refractivity contribution in [2.45, 2.75) is 13.3 Å². The topological polar surface area (TPSA) is 67.4 Å². The fourth-order valence-electron chi connectivity index (χ4n) is 2.31. The van der Waals surface area contributed by atoms with E-state index in [1.807, 2.05) is 43.3 Å². The van der Waals surface area contributed by atoms with E-state index in [0.29, 0.717) is 11.4 Å². The summed E-state index contributed by atoms with van der Waals surface area (Å²) in [5.74, 6) is 0.736. The first kappa shape index (κ1) is 18.9. The van der Waals surface area contributed by atoms with Crippen LogP contribution in [0.3, 0.4) is 0 Å². The van der Waals surface area contributed by atoms with E-state index in [1.54, 1.807) is 19.2 Å². The Morgan fingerprint density at radius 1 is 0.920 bits per heavy atom. The van der Waals surface area contributed by atoms with Crippen LogP contribution in [0.2, 0.25) is 0 Å². The minimum absolute atomic E-state index is 0.115.